The first kappa shape index (κ1) is 18.5. The Balaban J connectivity index is 1.37. The minimum atomic E-state index is -0.0820. The summed E-state index contributed by atoms with van der Waals surface area (Å²) in [5, 5.41) is 7.07. The van der Waals surface area contributed by atoms with Crippen LogP contribution in [0.3, 0.4) is 0 Å². The van der Waals surface area contributed by atoms with Crippen LogP contribution in [0.4, 0.5) is 0 Å². The number of aromatic nitrogens is 2. The molecule has 0 unspecified atom stereocenters. The van der Waals surface area contributed by atoms with Crippen LogP contribution in [0, 0.1) is 5.92 Å². The number of H-pyrrole nitrogens is 1. The Hall–Kier alpha value is -2.83. The number of amides is 1. The molecule has 3 heterocycles. The maximum Gasteiger partial charge on any atom is 0.274 e. The van der Waals surface area contributed by atoms with Gasteiger partial charge in [-0.1, -0.05) is 13.3 Å². The minimum absolute atomic E-state index is 0.0659. The lowest BCUT2D eigenvalue weighted by Crippen LogP contribution is -2.40. The maximum atomic E-state index is 12.9. The highest BCUT2D eigenvalue weighted by molar-refractivity contribution is 5.99. The average Bonchev–Trinajstić information content (AvgIpc) is 3.21. The Morgan fingerprint density at radius 3 is 2.64 bits per heavy atom. The van der Waals surface area contributed by atoms with Crippen LogP contribution in [0.2, 0.25) is 0 Å². The van der Waals surface area contributed by atoms with Gasteiger partial charge in [0.05, 0.1) is 0 Å². The van der Waals surface area contributed by atoms with Gasteiger partial charge in [-0.15, -0.1) is 0 Å². The number of hydrogen-bond acceptors (Lipinski definition) is 5. The van der Waals surface area contributed by atoms with E-state index < -0.39 is 0 Å². The molecule has 1 aromatic carbocycles. The number of Topliss-reactive ketones (excluding diaryl/α,β-unsaturated/α-hetero) is 1. The lowest BCUT2D eigenvalue weighted by molar-refractivity contribution is 0.0645. The van der Waals surface area contributed by atoms with Gasteiger partial charge >= 0.3 is 0 Å². The van der Waals surface area contributed by atoms with E-state index >= 15 is 0 Å². The molecule has 7 heteroatoms. The second kappa shape index (κ2) is 8.04. The van der Waals surface area contributed by atoms with Crippen molar-refractivity contribution in [2.24, 2.45) is 5.92 Å². The molecule has 0 bridgehead atoms. The molecular weight excluding hydrogens is 358 g/mol. The van der Waals surface area contributed by atoms with Gasteiger partial charge in [0.2, 0.25) is 0 Å². The Kier molecular flexibility index (Phi) is 5.32. The molecule has 1 amide bonds. The van der Waals surface area contributed by atoms with E-state index in [0.717, 1.165) is 18.5 Å². The Labute approximate surface area is 164 Å². The SMILES string of the molecule is CCCc1cc(C(=O)N2CCC(C(=O)c3ccc4c(c3)OCCO4)CC2)n[nH]1. The molecule has 0 atom stereocenters. The lowest BCUT2D eigenvalue weighted by atomic mass is 9.88. The van der Waals surface area contributed by atoms with Crippen molar-refractivity contribution in [2.75, 3.05) is 26.3 Å². The first-order chi connectivity index (χ1) is 13.7. The van der Waals surface area contributed by atoms with Crippen molar-refractivity contribution in [2.45, 2.75) is 32.6 Å². The summed E-state index contributed by atoms with van der Waals surface area (Å²) in [6, 6.07) is 7.20. The molecule has 4 rings (SSSR count). The van der Waals surface area contributed by atoms with E-state index in [1.807, 2.05) is 6.07 Å². The molecule has 0 aliphatic carbocycles. The van der Waals surface area contributed by atoms with Crippen molar-refractivity contribution in [3.8, 4) is 11.5 Å². The van der Waals surface area contributed by atoms with Gasteiger partial charge in [-0.2, -0.15) is 5.10 Å². The van der Waals surface area contributed by atoms with E-state index in [9.17, 15) is 9.59 Å². The van der Waals surface area contributed by atoms with Gasteiger partial charge in [0.15, 0.2) is 17.3 Å². The number of ether oxygens (including phenoxy) is 2. The van der Waals surface area contributed by atoms with Crippen molar-refractivity contribution >= 4 is 11.7 Å². The zero-order valence-corrected chi connectivity index (χ0v) is 16.1. The van der Waals surface area contributed by atoms with E-state index in [1.165, 1.54) is 0 Å². The van der Waals surface area contributed by atoms with Gasteiger partial charge < -0.3 is 14.4 Å². The number of aryl methyl sites for hydroxylation is 1. The third-order valence-electron chi connectivity index (χ3n) is 5.35. The maximum absolute atomic E-state index is 12.9. The van der Waals surface area contributed by atoms with Crippen LogP contribution in [-0.4, -0.2) is 53.1 Å². The number of likely N-dealkylation sites (tertiary alicyclic amines) is 1. The number of hydrogen-bond donors (Lipinski definition) is 1. The smallest absolute Gasteiger partial charge is 0.274 e. The van der Waals surface area contributed by atoms with E-state index in [-0.39, 0.29) is 17.6 Å². The van der Waals surface area contributed by atoms with Crippen LogP contribution < -0.4 is 9.47 Å². The monoisotopic (exact) mass is 383 g/mol. The summed E-state index contributed by atoms with van der Waals surface area (Å²) in [6.45, 7) is 4.25. The topological polar surface area (TPSA) is 84.5 Å². The van der Waals surface area contributed by atoms with Crippen molar-refractivity contribution in [3.05, 3.63) is 41.2 Å². The molecule has 0 spiro atoms. The van der Waals surface area contributed by atoms with E-state index in [1.54, 1.807) is 23.1 Å². The van der Waals surface area contributed by atoms with Crippen molar-refractivity contribution in [3.63, 3.8) is 0 Å². The summed E-state index contributed by atoms with van der Waals surface area (Å²) in [7, 11) is 0. The number of carbonyl (C=O) groups is 2. The van der Waals surface area contributed by atoms with Crippen molar-refractivity contribution < 1.29 is 19.1 Å². The average molecular weight is 383 g/mol. The lowest BCUT2D eigenvalue weighted by Gasteiger charge is -2.31. The van der Waals surface area contributed by atoms with Gasteiger partial charge in [0.25, 0.3) is 5.91 Å². The van der Waals surface area contributed by atoms with Crippen LogP contribution >= 0.6 is 0 Å². The zero-order valence-electron chi connectivity index (χ0n) is 16.1. The molecule has 2 aliphatic rings. The van der Waals surface area contributed by atoms with Crippen LogP contribution in [0.15, 0.2) is 24.3 Å². The highest BCUT2D eigenvalue weighted by Gasteiger charge is 2.30. The number of piperidine rings is 1. The molecule has 1 saturated heterocycles. The Morgan fingerprint density at radius 1 is 1.14 bits per heavy atom. The quantitative estimate of drug-likeness (QED) is 0.803. The van der Waals surface area contributed by atoms with E-state index in [0.29, 0.717) is 61.9 Å². The van der Waals surface area contributed by atoms with Crippen LogP contribution in [0.25, 0.3) is 0 Å². The Morgan fingerprint density at radius 2 is 1.89 bits per heavy atom. The first-order valence-corrected chi connectivity index (χ1v) is 9.93. The molecule has 0 saturated carbocycles. The number of ketones is 1. The van der Waals surface area contributed by atoms with Gasteiger partial charge in [-0.3, -0.25) is 14.7 Å². The number of carbonyl (C=O) groups excluding carboxylic acids is 2. The number of aromatic amines is 1. The fourth-order valence-electron chi connectivity index (χ4n) is 3.81. The van der Waals surface area contributed by atoms with Crippen LogP contribution in [0.1, 0.15) is 52.7 Å². The van der Waals surface area contributed by atoms with Gasteiger partial charge in [-0.25, -0.2) is 0 Å². The predicted molar refractivity (Wildman–Crippen MR) is 103 cm³/mol. The second-order valence-corrected chi connectivity index (χ2v) is 7.32. The summed E-state index contributed by atoms with van der Waals surface area (Å²) in [4.78, 5) is 27.3. The number of fused-ring (bicyclic) bond motifs is 1. The third-order valence-corrected chi connectivity index (χ3v) is 5.35. The van der Waals surface area contributed by atoms with Gasteiger partial charge in [0.1, 0.15) is 18.9 Å². The Bertz CT molecular complexity index is 868. The fourth-order valence-corrected chi connectivity index (χ4v) is 3.81. The van der Waals surface area contributed by atoms with E-state index in [2.05, 4.69) is 17.1 Å². The summed E-state index contributed by atoms with van der Waals surface area (Å²) < 4.78 is 11.1. The summed E-state index contributed by atoms with van der Waals surface area (Å²) in [5.41, 5.74) is 2.08. The summed E-state index contributed by atoms with van der Waals surface area (Å²) in [6.07, 6.45) is 3.20. The molecule has 7 nitrogen and oxygen atoms in total. The van der Waals surface area contributed by atoms with Crippen LogP contribution in [-0.2, 0) is 6.42 Å². The molecule has 2 aromatic rings. The number of nitrogens with one attached hydrogen (secondary N) is 1. The second-order valence-electron chi connectivity index (χ2n) is 7.32. The third kappa shape index (κ3) is 3.74. The van der Waals surface area contributed by atoms with Crippen LogP contribution in [0.5, 0.6) is 11.5 Å². The molecule has 0 radical (unpaired) electrons. The van der Waals surface area contributed by atoms with Gasteiger partial charge in [-0.05, 0) is 43.5 Å². The summed E-state index contributed by atoms with van der Waals surface area (Å²) >= 11 is 0. The predicted octanol–water partition coefficient (Wildman–Crippen LogP) is 2.87. The molecule has 148 valence electrons. The number of nitrogens with zero attached hydrogens (tertiary/aromatic N) is 2. The fraction of sp³-hybridized carbons (Fsp3) is 0.476. The van der Waals surface area contributed by atoms with Crippen molar-refractivity contribution in [1.82, 2.24) is 15.1 Å². The standard InChI is InChI=1S/C21H25N3O4/c1-2-3-16-13-17(23-22-16)21(26)24-8-6-14(7-9-24)20(25)15-4-5-18-19(12-15)28-11-10-27-18/h4-5,12-14H,2-3,6-11H2,1H3,(H,22,23). The molecule has 1 fully saturated rings. The number of benzene rings is 1. The van der Waals surface area contributed by atoms with E-state index in [4.69, 9.17) is 9.47 Å². The molecule has 1 aromatic heterocycles. The highest BCUT2D eigenvalue weighted by atomic mass is 16.6. The van der Waals surface area contributed by atoms with Gasteiger partial charge in [0, 0.05) is 30.3 Å². The highest BCUT2D eigenvalue weighted by Crippen LogP contribution is 2.32. The minimum Gasteiger partial charge on any atom is -0.486 e. The molecule has 1 N–H and O–H groups in total. The first-order valence-electron chi connectivity index (χ1n) is 9.93. The largest absolute Gasteiger partial charge is 0.486 e. The summed E-state index contributed by atoms with van der Waals surface area (Å²) in [5.74, 6) is 1.27. The zero-order chi connectivity index (χ0) is 19.5. The number of rotatable bonds is 5. The van der Waals surface area contributed by atoms with Crippen molar-refractivity contribution in [1.29, 1.82) is 0 Å². The molecular formula is C21H25N3O4. The molecule has 28 heavy (non-hydrogen) atoms. The molecule has 2 aliphatic heterocycles. The normalized spacial score (nSPS) is 16.8.